The van der Waals surface area contributed by atoms with Crippen LogP contribution < -0.4 is 10.1 Å². The lowest BCUT2D eigenvalue weighted by Gasteiger charge is -2.18. The van der Waals surface area contributed by atoms with Crippen molar-refractivity contribution in [1.82, 2.24) is 19.9 Å². The number of carbonyl (C=O) groups is 2. The van der Waals surface area contributed by atoms with Crippen molar-refractivity contribution < 1.29 is 23.5 Å². The van der Waals surface area contributed by atoms with Gasteiger partial charge in [0.15, 0.2) is 5.65 Å². The Kier molecular flexibility index (Phi) is 7.96. The molecule has 0 saturated carbocycles. The molecule has 0 saturated heterocycles. The molecule has 41 heavy (non-hydrogen) atoms. The van der Waals surface area contributed by atoms with Crippen LogP contribution in [0.2, 0.25) is 0 Å². The summed E-state index contributed by atoms with van der Waals surface area (Å²) in [6.07, 6.45) is 6.39. The van der Waals surface area contributed by atoms with Gasteiger partial charge in [-0.05, 0) is 73.2 Å². The van der Waals surface area contributed by atoms with Crippen molar-refractivity contribution in [3.05, 3.63) is 94.1 Å². The largest absolute Gasteiger partial charge is 0.488 e. The van der Waals surface area contributed by atoms with Crippen molar-refractivity contribution >= 4 is 29.2 Å². The van der Waals surface area contributed by atoms with E-state index in [4.69, 9.17) is 9.47 Å². The molecule has 0 spiro atoms. The lowest BCUT2D eigenvalue weighted by molar-refractivity contribution is -0.136. The Hall–Kier alpha value is -4.79. The minimum absolute atomic E-state index is 0.00336. The number of nitrogens with zero attached hydrogens (tertiary/aromatic N) is 3. The van der Waals surface area contributed by atoms with E-state index >= 15 is 4.39 Å². The number of nitrogens with one attached hydrogen (secondary N) is 1. The number of esters is 1. The number of hydrogen-bond acceptors (Lipinski definition) is 6. The number of aryl methyl sites for hydroxylation is 1. The molecule has 2 aromatic carbocycles. The summed E-state index contributed by atoms with van der Waals surface area (Å²) in [5.41, 5.74) is 6.05. The number of carbonyl (C=O) groups excluding carboxylic acids is 2. The molecule has 5 rings (SSSR count). The Bertz CT molecular complexity index is 1720. The van der Waals surface area contributed by atoms with Crippen LogP contribution in [0.1, 0.15) is 53.5 Å². The fourth-order valence-electron chi connectivity index (χ4n) is 4.88. The number of aromatic nitrogens is 3. The molecule has 8 nitrogen and oxygen atoms in total. The summed E-state index contributed by atoms with van der Waals surface area (Å²) in [6.45, 7) is 6.50. The van der Waals surface area contributed by atoms with Gasteiger partial charge in [0.25, 0.3) is 5.91 Å². The molecule has 0 radical (unpaired) electrons. The van der Waals surface area contributed by atoms with Crippen LogP contribution >= 0.6 is 0 Å². The molecular formula is C32H31FN4O4. The Morgan fingerprint density at radius 3 is 2.76 bits per heavy atom. The number of hydrogen-bond donors (Lipinski definition) is 1. The highest BCUT2D eigenvalue weighted by molar-refractivity contribution is 5.95. The molecule has 4 aromatic rings. The first-order valence-electron chi connectivity index (χ1n) is 13.5. The van der Waals surface area contributed by atoms with Gasteiger partial charge in [-0.25, -0.2) is 18.7 Å². The zero-order valence-electron chi connectivity index (χ0n) is 23.5. The SMILES string of the molecule is C/C=C(/C)c1ccccc1CCNC(=O)c1cc(CC)c2nc(-c3ccc4c(c3F)C=C(C(=O)OC)CO4)cn2n1. The fraction of sp³-hybridized carbons (Fsp3) is 0.250. The van der Waals surface area contributed by atoms with Gasteiger partial charge in [-0.15, -0.1) is 0 Å². The summed E-state index contributed by atoms with van der Waals surface area (Å²) in [6, 6.07) is 13.1. The molecule has 2 aromatic heterocycles. The smallest absolute Gasteiger partial charge is 0.337 e. The van der Waals surface area contributed by atoms with Gasteiger partial charge in [-0.1, -0.05) is 37.3 Å². The van der Waals surface area contributed by atoms with Gasteiger partial charge in [-0.3, -0.25) is 4.79 Å². The molecule has 0 aliphatic carbocycles. The first kappa shape index (κ1) is 27.8. The highest BCUT2D eigenvalue weighted by Crippen LogP contribution is 2.35. The van der Waals surface area contributed by atoms with Crippen LogP contribution in [0, 0.1) is 5.82 Å². The van der Waals surface area contributed by atoms with E-state index in [0.717, 1.165) is 11.1 Å². The van der Waals surface area contributed by atoms with Crippen LogP contribution in [-0.2, 0) is 22.4 Å². The molecule has 0 atom stereocenters. The standard InChI is InChI=1S/C32H31FN4O4/c1-5-19(3)23-10-8-7-9-21(23)13-14-34-31(38)26-16-20(6-2)30-35-27(17-37(30)36-26)24-11-12-28-25(29(24)33)15-22(18-41-28)32(39)40-4/h5,7-12,15-17H,6,13-14,18H2,1-4H3,(H,34,38)/b19-5-. The van der Waals surface area contributed by atoms with Crippen LogP contribution in [0.25, 0.3) is 28.6 Å². The van der Waals surface area contributed by atoms with E-state index in [1.807, 2.05) is 26.0 Å². The van der Waals surface area contributed by atoms with Gasteiger partial charge in [0.1, 0.15) is 23.9 Å². The Morgan fingerprint density at radius 2 is 2.00 bits per heavy atom. The summed E-state index contributed by atoms with van der Waals surface area (Å²) in [7, 11) is 1.26. The van der Waals surface area contributed by atoms with Gasteiger partial charge < -0.3 is 14.8 Å². The molecule has 0 bridgehead atoms. The number of ether oxygens (including phenoxy) is 2. The van der Waals surface area contributed by atoms with Gasteiger partial charge >= 0.3 is 5.97 Å². The van der Waals surface area contributed by atoms with E-state index in [1.165, 1.54) is 28.8 Å². The number of imidazole rings is 1. The zero-order valence-corrected chi connectivity index (χ0v) is 23.5. The third-order valence-corrected chi connectivity index (χ3v) is 7.24. The van der Waals surface area contributed by atoms with Crippen LogP contribution in [0.3, 0.4) is 0 Å². The number of amides is 1. The van der Waals surface area contributed by atoms with Crippen LogP contribution in [0.5, 0.6) is 5.75 Å². The lowest BCUT2D eigenvalue weighted by atomic mass is 9.98. The van der Waals surface area contributed by atoms with Crippen molar-refractivity contribution in [3.63, 3.8) is 0 Å². The predicted molar refractivity (Wildman–Crippen MR) is 155 cm³/mol. The molecule has 1 amide bonds. The molecule has 1 aliphatic heterocycles. The normalized spacial score (nSPS) is 12.9. The number of methoxy groups -OCH3 is 1. The molecule has 0 unspecified atom stereocenters. The highest BCUT2D eigenvalue weighted by atomic mass is 19.1. The second kappa shape index (κ2) is 11.8. The predicted octanol–water partition coefficient (Wildman–Crippen LogP) is 5.44. The summed E-state index contributed by atoms with van der Waals surface area (Å²) >= 11 is 0. The van der Waals surface area contributed by atoms with Crippen molar-refractivity contribution in [1.29, 1.82) is 0 Å². The number of benzene rings is 2. The summed E-state index contributed by atoms with van der Waals surface area (Å²) in [5, 5.41) is 7.47. The molecule has 3 heterocycles. The van der Waals surface area contributed by atoms with Crippen molar-refractivity contribution in [3.8, 4) is 17.0 Å². The molecular weight excluding hydrogens is 523 g/mol. The average Bonchev–Trinajstić information content (AvgIpc) is 3.44. The van der Waals surface area contributed by atoms with Crippen molar-refractivity contribution in [2.45, 2.75) is 33.6 Å². The molecule has 1 aliphatic rings. The van der Waals surface area contributed by atoms with Crippen molar-refractivity contribution in [2.75, 3.05) is 20.3 Å². The minimum atomic E-state index is -0.576. The van der Waals surface area contributed by atoms with Crippen LogP contribution in [-0.4, -0.2) is 46.7 Å². The Labute approximate surface area is 237 Å². The third-order valence-electron chi connectivity index (χ3n) is 7.24. The van der Waals surface area contributed by atoms with Gasteiger partial charge in [-0.2, -0.15) is 5.10 Å². The average molecular weight is 555 g/mol. The molecule has 9 heteroatoms. The van der Waals surface area contributed by atoms with Gasteiger partial charge in [0, 0.05) is 12.1 Å². The van der Waals surface area contributed by atoms with Crippen LogP contribution in [0.4, 0.5) is 4.39 Å². The second-order valence-corrected chi connectivity index (χ2v) is 9.73. The van der Waals surface area contributed by atoms with E-state index in [-0.39, 0.29) is 34.9 Å². The number of rotatable bonds is 8. The van der Waals surface area contributed by atoms with Gasteiger partial charge in [0.2, 0.25) is 0 Å². The Balaban J connectivity index is 1.41. The van der Waals surface area contributed by atoms with E-state index < -0.39 is 11.8 Å². The summed E-state index contributed by atoms with van der Waals surface area (Å²) in [5.74, 6) is -1.11. The van der Waals surface area contributed by atoms with E-state index in [2.05, 4.69) is 40.5 Å². The maximum absolute atomic E-state index is 15.7. The molecule has 210 valence electrons. The maximum Gasteiger partial charge on any atom is 0.337 e. The van der Waals surface area contributed by atoms with Crippen LogP contribution in [0.15, 0.2) is 60.3 Å². The summed E-state index contributed by atoms with van der Waals surface area (Å²) in [4.78, 5) is 29.7. The number of fused-ring (bicyclic) bond motifs is 2. The lowest BCUT2D eigenvalue weighted by Crippen LogP contribution is -2.27. The number of allylic oxidation sites excluding steroid dienone is 2. The summed E-state index contributed by atoms with van der Waals surface area (Å²) < 4.78 is 27.5. The molecule has 0 fully saturated rings. The zero-order chi connectivity index (χ0) is 29.1. The van der Waals surface area contributed by atoms with E-state index in [9.17, 15) is 9.59 Å². The van der Waals surface area contributed by atoms with Crippen molar-refractivity contribution in [2.24, 2.45) is 0 Å². The first-order chi connectivity index (χ1) is 19.8. The quantitative estimate of drug-likeness (QED) is 0.292. The maximum atomic E-state index is 15.7. The minimum Gasteiger partial charge on any atom is -0.488 e. The van der Waals surface area contributed by atoms with E-state index in [1.54, 1.807) is 24.4 Å². The first-order valence-corrected chi connectivity index (χ1v) is 13.5. The molecule has 1 N–H and O–H groups in total. The van der Waals surface area contributed by atoms with E-state index in [0.29, 0.717) is 36.5 Å². The monoisotopic (exact) mass is 554 g/mol. The Morgan fingerprint density at radius 1 is 1.20 bits per heavy atom. The fourth-order valence-corrected chi connectivity index (χ4v) is 4.88. The second-order valence-electron chi connectivity index (χ2n) is 9.73. The third kappa shape index (κ3) is 5.48. The van der Waals surface area contributed by atoms with Gasteiger partial charge in [0.05, 0.1) is 30.1 Å². The number of halogens is 1. The highest BCUT2D eigenvalue weighted by Gasteiger charge is 2.24. The topological polar surface area (TPSA) is 94.8 Å².